The van der Waals surface area contributed by atoms with E-state index in [1.807, 2.05) is 6.92 Å². The van der Waals surface area contributed by atoms with Gasteiger partial charge < -0.3 is 9.42 Å². The van der Waals surface area contributed by atoms with Crippen molar-refractivity contribution in [2.45, 2.75) is 12.3 Å². The Hall–Kier alpha value is -1.03. The molecule has 0 aliphatic carbocycles. The van der Waals surface area contributed by atoms with Crippen LogP contribution < -0.4 is 0 Å². The highest BCUT2D eigenvalue weighted by Crippen LogP contribution is 2.03. The fourth-order valence-electron chi connectivity index (χ4n) is 0.979. The smallest absolute Gasteiger partial charge is 0.275 e. The van der Waals surface area contributed by atoms with E-state index in [2.05, 4.69) is 9.68 Å². The van der Waals surface area contributed by atoms with Crippen molar-refractivity contribution in [3.05, 3.63) is 18.0 Å². The van der Waals surface area contributed by atoms with E-state index in [9.17, 15) is 4.79 Å². The van der Waals surface area contributed by atoms with Crippen molar-refractivity contribution < 1.29 is 9.32 Å². The lowest BCUT2D eigenvalue weighted by atomic mass is 10.3. The molecule has 1 aromatic rings. The van der Waals surface area contributed by atoms with Gasteiger partial charge in [-0.25, -0.2) is 0 Å². The number of alkyl halides is 1. The topological polar surface area (TPSA) is 46.3 Å². The monoisotopic (exact) mass is 202 g/mol. The highest BCUT2D eigenvalue weighted by atomic mass is 35.5. The third-order valence-corrected chi connectivity index (χ3v) is 1.67. The van der Waals surface area contributed by atoms with Crippen molar-refractivity contribution >= 4 is 17.5 Å². The highest BCUT2D eigenvalue weighted by molar-refractivity contribution is 6.20. The summed E-state index contributed by atoms with van der Waals surface area (Å²) in [6.45, 7) is 2.32. The van der Waals surface area contributed by atoms with Gasteiger partial charge in [0, 0.05) is 25.0 Å². The number of hydrogen-bond donors (Lipinski definition) is 0. The van der Waals surface area contributed by atoms with Crippen molar-refractivity contribution in [1.82, 2.24) is 10.1 Å². The molecule has 5 heteroatoms. The van der Waals surface area contributed by atoms with Crippen LogP contribution in [-0.4, -0.2) is 34.9 Å². The van der Waals surface area contributed by atoms with Gasteiger partial charge in [0.2, 0.25) is 0 Å². The third-order valence-electron chi connectivity index (χ3n) is 1.53. The molecule has 1 rings (SSSR count). The Bertz CT molecular complexity index is 272. The molecular weight excluding hydrogens is 192 g/mol. The van der Waals surface area contributed by atoms with Gasteiger partial charge in [-0.15, -0.1) is 11.6 Å². The Balaban J connectivity index is 2.58. The first kappa shape index (κ1) is 10.1. The molecule has 1 heterocycles. The van der Waals surface area contributed by atoms with Gasteiger partial charge in [0.15, 0.2) is 5.69 Å². The Morgan fingerprint density at radius 2 is 2.54 bits per heavy atom. The minimum atomic E-state index is -0.179. The zero-order valence-electron chi connectivity index (χ0n) is 7.53. The van der Waals surface area contributed by atoms with Gasteiger partial charge in [0.05, 0.1) is 0 Å². The Kier molecular flexibility index (Phi) is 3.31. The van der Waals surface area contributed by atoms with E-state index in [1.165, 1.54) is 17.2 Å². The van der Waals surface area contributed by atoms with E-state index in [-0.39, 0.29) is 11.3 Å². The molecule has 4 nitrogen and oxygen atoms in total. The molecule has 1 unspecified atom stereocenters. The van der Waals surface area contributed by atoms with E-state index in [0.29, 0.717) is 12.2 Å². The summed E-state index contributed by atoms with van der Waals surface area (Å²) in [5, 5.41) is 3.47. The first-order chi connectivity index (χ1) is 6.11. The molecule has 0 aromatic carbocycles. The highest BCUT2D eigenvalue weighted by Gasteiger charge is 2.15. The maximum absolute atomic E-state index is 11.5. The number of nitrogens with zero attached hydrogens (tertiary/aromatic N) is 2. The molecule has 13 heavy (non-hydrogen) atoms. The van der Waals surface area contributed by atoms with Crippen molar-refractivity contribution in [1.29, 1.82) is 0 Å². The normalized spacial score (nSPS) is 12.5. The third kappa shape index (κ3) is 2.73. The molecule has 72 valence electrons. The average Bonchev–Trinajstić information content (AvgIpc) is 2.53. The number of carbonyl (C=O) groups excluding carboxylic acids is 1. The van der Waals surface area contributed by atoms with Gasteiger partial charge >= 0.3 is 0 Å². The van der Waals surface area contributed by atoms with Crippen LogP contribution in [0, 0.1) is 0 Å². The minimum absolute atomic E-state index is 0.0687. The molecule has 0 radical (unpaired) electrons. The number of halogens is 1. The van der Waals surface area contributed by atoms with Gasteiger partial charge in [-0.3, -0.25) is 4.79 Å². The van der Waals surface area contributed by atoms with Crippen LogP contribution in [0.15, 0.2) is 16.9 Å². The summed E-state index contributed by atoms with van der Waals surface area (Å²) >= 11 is 5.74. The lowest BCUT2D eigenvalue weighted by Crippen LogP contribution is -2.31. The van der Waals surface area contributed by atoms with Gasteiger partial charge in [-0.05, 0) is 6.92 Å². The SMILES string of the molecule is CC(Cl)CN(C)C(=O)c1ccon1. The van der Waals surface area contributed by atoms with Crippen molar-refractivity contribution in [3.8, 4) is 0 Å². The lowest BCUT2D eigenvalue weighted by molar-refractivity contribution is 0.0786. The van der Waals surface area contributed by atoms with Crippen LogP contribution in [0.25, 0.3) is 0 Å². The minimum Gasteiger partial charge on any atom is -0.364 e. The predicted octanol–water partition coefficient (Wildman–Crippen LogP) is 1.37. The molecule has 0 N–H and O–H groups in total. The predicted molar refractivity (Wildman–Crippen MR) is 48.8 cm³/mol. The van der Waals surface area contributed by atoms with E-state index >= 15 is 0 Å². The van der Waals surface area contributed by atoms with Gasteiger partial charge in [0.25, 0.3) is 5.91 Å². The van der Waals surface area contributed by atoms with E-state index < -0.39 is 0 Å². The molecule has 1 atom stereocenters. The van der Waals surface area contributed by atoms with E-state index in [0.717, 1.165) is 0 Å². The average molecular weight is 203 g/mol. The quantitative estimate of drug-likeness (QED) is 0.696. The summed E-state index contributed by atoms with van der Waals surface area (Å²) in [5.41, 5.74) is 0.305. The van der Waals surface area contributed by atoms with Crippen LogP contribution in [0.3, 0.4) is 0 Å². The molecule has 0 spiro atoms. The molecule has 0 saturated carbocycles. The summed E-state index contributed by atoms with van der Waals surface area (Å²) in [6.07, 6.45) is 1.37. The number of carbonyl (C=O) groups is 1. The maximum atomic E-state index is 11.5. The lowest BCUT2D eigenvalue weighted by Gasteiger charge is -2.16. The van der Waals surface area contributed by atoms with Crippen LogP contribution in [0.1, 0.15) is 17.4 Å². The summed E-state index contributed by atoms with van der Waals surface area (Å²) in [6, 6.07) is 1.53. The van der Waals surface area contributed by atoms with Crippen LogP contribution in [-0.2, 0) is 0 Å². The van der Waals surface area contributed by atoms with Crippen LogP contribution in [0.4, 0.5) is 0 Å². The molecule has 1 amide bonds. The first-order valence-electron chi connectivity index (χ1n) is 3.91. The standard InChI is InChI=1S/C8H11ClN2O2/c1-6(9)5-11(2)8(12)7-3-4-13-10-7/h3-4,6H,5H2,1-2H3. The zero-order chi connectivity index (χ0) is 9.84. The summed E-state index contributed by atoms with van der Waals surface area (Å²) in [5.74, 6) is -0.179. The number of rotatable bonds is 3. The summed E-state index contributed by atoms with van der Waals surface area (Å²) in [4.78, 5) is 13.0. The molecular formula is C8H11ClN2O2. The number of aromatic nitrogens is 1. The van der Waals surface area contributed by atoms with Crippen molar-refractivity contribution in [3.63, 3.8) is 0 Å². The zero-order valence-corrected chi connectivity index (χ0v) is 8.28. The maximum Gasteiger partial charge on any atom is 0.275 e. The summed E-state index contributed by atoms with van der Waals surface area (Å²) in [7, 11) is 1.68. The Labute approximate surface area is 81.4 Å². The number of amides is 1. The van der Waals surface area contributed by atoms with Gasteiger partial charge in [-0.1, -0.05) is 5.16 Å². The van der Waals surface area contributed by atoms with Crippen LogP contribution in [0.2, 0.25) is 0 Å². The van der Waals surface area contributed by atoms with Gasteiger partial charge in [-0.2, -0.15) is 0 Å². The van der Waals surface area contributed by atoms with Crippen molar-refractivity contribution in [2.75, 3.05) is 13.6 Å². The second-order valence-corrected chi connectivity index (χ2v) is 3.60. The van der Waals surface area contributed by atoms with Gasteiger partial charge in [0.1, 0.15) is 6.26 Å². The number of hydrogen-bond acceptors (Lipinski definition) is 3. The molecule has 0 aliphatic rings. The van der Waals surface area contributed by atoms with E-state index in [4.69, 9.17) is 11.6 Å². The second-order valence-electron chi connectivity index (χ2n) is 2.85. The summed E-state index contributed by atoms with van der Waals surface area (Å²) < 4.78 is 4.56. The first-order valence-corrected chi connectivity index (χ1v) is 4.35. The van der Waals surface area contributed by atoms with Crippen LogP contribution in [0.5, 0.6) is 0 Å². The molecule has 1 aromatic heterocycles. The van der Waals surface area contributed by atoms with E-state index in [1.54, 1.807) is 7.05 Å². The molecule has 0 bridgehead atoms. The largest absolute Gasteiger partial charge is 0.364 e. The Morgan fingerprint density at radius 1 is 1.85 bits per heavy atom. The molecule has 0 fully saturated rings. The Morgan fingerprint density at radius 3 is 3.00 bits per heavy atom. The molecule has 0 saturated heterocycles. The van der Waals surface area contributed by atoms with Crippen LogP contribution >= 0.6 is 11.6 Å². The van der Waals surface area contributed by atoms with Crippen molar-refractivity contribution in [2.24, 2.45) is 0 Å². The second kappa shape index (κ2) is 4.28. The fraction of sp³-hybridized carbons (Fsp3) is 0.500. The molecule has 0 aliphatic heterocycles. The fourth-order valence-corrected chi connectivity index (χ4v) is 1.19.